The molecule has 3 aromatic carbocycles. The van der Waals surface area contributed by atoms with Gasteiger partial charge in [-0.3, -0.25) is 10.1 Å². The van der Waals surface area contributed by atoms with E-state index in [1.807, 2.05) is 30.3 Å². The monoisotopic (exact) mass is 390 g/mol. The maximum atomic E-state index is 12.4. The van der Waals surface area contributed by atoms with Crippen molar-refractivity contribution in [1.29, 1.82) is 0 Å². The van der Waals surface area contributed by atoms with E-state index in [2.05, 4.69) is 4.98 Å². The normalized spacial score (nSPS) is 10.7. The molecule has 0 atom stereocenters. The molecule has 0 amide bonds. The Hall–Kier alpha value is -4.20. The number of esters is 1. The second kappa shape index (κ2) is 7.43. The summed E-state index contributed by atoms with van der Waals surface area (Å²) >= 11 is 0. The lowest BCUT2D eigenvalue weighted by molar-refractivity contribution is -0.385. The maximum absolute atomic E-state index is 12.4. The van der Waals surface area contributed by atoms with E-state index in [1.54, 1.807) is 18.2 Å². The second-order valence-corrected chi connectivity index (χ2v) is 6.05. The number of methoxy groups -OCH3 is 1. The van der Waals surface area contributed by atoms with E-state index in [4.69, 9.17) is 13.9 Å². The number of benzene rings is 3. The smallest absolute Gasteiger partial charge is 0.343 e. The number of nitro benzene ring substituents is 1. The molecule has 0 bridgehead atoms. The molecule has 1 aromatic heterocycles. The number of ether oxygens (including phenoxy) is 2. The van der Waals surface area contributed by atoms with Crippen molar-refractivity contribution in [1.82, 2.24) is 4.98 Å². The fourth-order valence-electron chi connectivity index (χ4n) is 2.79. The Morgan fingerprint density at radius 2 is 1.86 bits per heavy atom. The molecule has 0 N–H and O–H groups in total. The third-order valence-electron chi connectivity index (χ3n) is 4.20. The van der Waals surface area contributed by atoms with Gasteiger partial charge < -0.3 is 13.9 Å². The molecule has 8 heteroatoms. The number of hydrogen-bond acceptors (Lipinski definition) is 7. The highest BCUT2D eigenvalue weighted by molar-refractivity contribution is 5.92. The lowest BCUT2D eigenvalue weighted by Gasteiger charge is -2.06. The molecule has 29 heavy (non-hydrogen) atoms. The number of rotatable bonds is 5. The Morgan fingerprint density at radius 3 is 2.59 bits per heavy atom. The molecule has 144 valence electrons. The number of fused-ring (bicyclic) bond motifs is 1. The molecule has 0 saturated carbocycles. The van der Waals surface area contributed by atoms with Crippen LogP contribution in [0.2, 0.25) is 0 Å². The van der Waals surface area contributed by atoms with E-state index >= 15 is 0 Å². The number of carbonyl (C=O) groups is 1. The van der Waals surface area contributed by atoms with Crippen LogP contribution in [0.1, 0.15) is 10.4 Å². The van der Waals surface area contributed by atoms with Gasteiger partial charge in [0, 0.05) is 23.8 Å². The zero-order valence-corrected chi connectivity index (χ0v) is 15.2. The van der Waals surface area contributed by atoms with E-state index in [9.17, 15) is 14.9 Å². The number of nitro groups is 1. The lowest BCUT2D eigenvalue weighted by Crippen LogP contribution is -2.09. The van der Waals surface area contributed by atoms with Gasteiger partial charge in [-0.1, -0.05) is 18.2 Å². The third kappa shape index (κ3) is 3.63. The fourth-order valence-corrected chi connectivity index (χ4v) is 2.79. The van der Waals surface area contributed by atoms with Gasteiger partial charge in [0.05, 0.1) is 17.6 Å². The summed E-state index contributed by atoms with van der Waals surface area (Å²) in [6, 6.07) is 18.1. The molecule has 0 radical (unpaired) electrons. The highest BCUT2D eigenvalue weighted by Gasteiger charge is 2.19. The predicted octanol–water partition coefficient (Wildman–Crippen LogP) is 4.63. The molecule has 0 aliphatic rings. The molecule has 1 heterocycles. The van der Waals surface area contributed by atoms with Crippen LogP contribution < -0.4 is 9.47 Å². The van der Waals surface area contributed by atoms with Crippen molar-refractivity contribution < 1.29 is 23.6 Å². The standard InChI is InChI=1S/C21H14N2O6/c1-27-19-11-14(7-10-17(19)23(25)26)21(24)28-15-8-9-16-18(12-15)29-20(22-16)13-5-3-2-4-6-13/h2-12H,1H3. The Kier molecular flexibility index (Phi) is 4.66. The summed E-state index contributed by atoms with van der Waals surface area (Å²) < 4.78 is 16.1. The summed E-state index contributed by atoms with van der Waals surface area (Å²) in [6.07, 6.45) is 0. The largest absolute Gasteiger partial charge is 0.490 e. The van der Waals surface area contributed by atoms with E-state index in [0.29, 0.717) is 17.0 Å². The molecule has 0 fully saturated rings. The van der Waals surface area contributed by atoms with Gasteiger partial charge in [0.25, 0.3) is 0 Å². The van der Waals surface area contributed by atoms with Crippen LogP contribution in [0.4, 0.5) is 5.69 Å². The van der Waals surface area contributed by atoms with Crippen molar-refractivity contribution in [3.63, 3.8) is 0 Å². The van der Waals surface area contributed by atoms with Gasteiger partial charge in [-0.05, 0) is 30.3 Å². The summed E-state index contributed by atoms with van der Waals surface area (Å²) in [5, 5.41) is 11.0. The minimum Gasteiger partial charge on any atom is -0.490 e. The lowest BCUT2D eigenvalue weighted by atomic mass is 10.2. The van der Waals surface area contributed by atoms with Gasteiger partial charge in [0.1, 0.15) is 11.3 Å². The third-order valence-corrected chi connectivity index (χ3v) is 4.20. The first-order valence-corrected chi connectivity index (χ1v) is 8.56. The Morgan fingerprint density at radius 1 is 1.07 bits per heavy atom. The molecule has 0 aliphatic carbocycles. The van der Waals surface area contributed by atoms with Crippen LogP contribution in [0.15, 0.2) is 71.1 Å². The Bertz CT molecular complexity index is 1220. The highest BCUT2D eigenvalue weighted by atomic mass is 16.6. The minimum atomic E-state index is -0.680. The molecular formula is C21H14N2O6. The van der Waals surface area contributed by atoms with Crippen LogP contribution in [0.25, 0.3) is 22.6 Å². The van der Waals surface area contributed by atoms with Crippen LogP contribution in [0, 0.1) is 10.1 Å². The van der Waals surface area contributed by atoms with Crippen molar-refractivity contribution in [2.75, 3.05) is 7.11 Å². The van der Waals surface area contributed by atoms with Crippen molar-refractivity contribution in [2.45, 2.75) is 0 Å². The van der Waals surface area contributed by atoms with Crippen molar-refractivity contribution in [3.8, 4) is 23.0 Å². The average Bonchev–Trinajstić information content (AvgIpc) is 3.17. The maximum Gasteiger partial charge on any atom is 0.343 e. The topological polar surface area (TPSA) is 105 Å². The van der Waals surface area contributed by atoms with E-state index in [1.165, 1.54) is 25.3 Å². The summed E-state index contributed by atoms with van der Waals surface area (Å²) in [5.41, 5.74) is 1.81. The minimum absolute atomic E-state index is 0.0253. The summed E-state index contributed by atoms with van der Waals surface area (Å²) in [7, 11) is 1.29. The van der Waals surface area contributed by atoms with Crippen molar-refractivity contribution in [3.05, 3.63) is 82.4 Å². The summed E-state index contributed by atoms with van der Waals surface area (Å²) in [5.74, 6) is 0.0164. The first-order valence-electron chi connectivity index (χ1n) is 8.56. The summed E-state index contributed by atoms with van der Waals surface area (Å²) in [4.78, 5) is 27.2. The van der Waals surface area contributed by atoms with Gasteiger partial charge in [0.2, 0.25) is 5.89 Å². The Balaban J connectivity index is 1.59. The molecule has 0 unspecified atom stereocenters. The van der Waals surface area contributed by atoms with Gasteiger partial charge in [0.15, 0.2) is 11.3 Å². The van der Waals surface area contributed by atoms with Crippen LogP contribution in [-0.4, -0.2) is 23.0 Å². The highest BCUT2D eigenvalue weighted by Crippen LogP contribution is 2.29. The molecule has 4 rings (SSSR count). The number of aromatic nitrogens is 1. The molecule has 0 spiro atoms. The first kappa shape index (κ1) is 18.2. The quantitative estimate of drug-likeness (QED) is 0.212. The molecule has 4 aromatic rings. The average molecular weight is 390 g/mol. The van der Waals surface area contributed by atoms with Crippen LogP contribution in [0.3, 0.4) is 0 Å². The number of hydrogen-bond donors (Lipinski definition) is 0. The number of oxazole rings is 1. The SMILES string of the molecule is COc1cc(C(=O)Oc2ccc3nc(-c4ccccc4)oc3c2)ccc1[N+](=O)[O-]. The number of nitrogens with zero attached hydrogens (tertiary/aromatic N) is 2. The van der Waals surface area contributed by atoms with Crippen LogP contribution in [0.5, 0.6) is 11.5 Å². The van der Waals surface area contributed by atoms with Crippen molar-refractivity contribution in [2.24, 2.45) is 0 Å². The van der Waals surface area contributed by atoms with Crippen molar-refractivity contribution >= 4 is 22.8 Å². The summed E-state index contributed by atoms with van der Waals surface area (Å²) in [6.45, 7) is 0. The van der Waals surface area contributed by atoms with Gasteiger partial charge in [-0.15, -0.1) is 0 Å². The van der Waals surface area contributed by atoms with Crippen LogP contribution in [-0.2, 0) is 0 Å². The van der Waals surface area contributed by atoms with Gasteiger partial charge in [-0.2, -0.15) is 0 Å². The molecule has 8 nitrogen and oxygen atoms in total. The molecule has 0 aliphatic heterocycles. The Labute approximate surface area is 164 Å². The van der Waals surface area contributed by atoms with Gasteiger partial charge in [-0.25, -0.2) is 9.78 Å². The fraction of sp³-hybridized carbons (Fsp3) is 0.0476. The van der Waals surface area contributed by atoms with Crippen LogP contribution >= 0.6 is 0 Å². The van der Waals surface area contributed by atoms with Gasteiger partial charge >= 0.3 is 11.7 Å². The number of carbonyl (C=O) groups excluding carboxylic acids is 1. The zero-order chi connectivity index (χ0) is 20.4. The molecular weight excluding hydrogens is 376 g/mol. The van der Waals surface area contributed by atoms with E-state index in [0.717, 1.165) is 5.56 Å². The predicted molar refractivity (Wildman–Crippen MR) is 104 cm³/mol. The van der Waals surface area contributed by atoms with E-state index < -0.39 is 10.9 Å². The second-order valence-electron chi connectivity index (χ2n) is 6.05. The van der Waals surface area contributed by atoms with E-state index in [-0.39, 0.29) is 22.7 Å². The molecule has 0 saturated heterocycles. The first-order chi connectivity index (χ1) is 14.0. The zero-order valence-electron chi connectivity index (χ0n) is 15.2.